The Kier molecular flexibility index (Phi) is 3.77. The van der Waals surface area contributed by atoms with Crippen molar-refractivity contribution in [3.05, 3.63) is 29.5 Å². The summed E-state index contributed by atoms with van der Waals surface area (Å²) in [5.41, 5.74) is 4.10. The number of aryl methyl sites for hydroxylation is 1. The first-order valence-electron chi connectivity index (χ1n) is 7.30. The monoisotopic (exact) mass is 297 g/mol. The van der Waals surface area contributed by atoms with Gasteiger partial charge in [0.25, 0.3) is 0 Å². The number of pyridine rings is 1. The van der Waals surface area contributed by atoms with E-state index in [1.54, 1.807) is 6.20 Å². The van der Waals surface area contributed by atoms with E-state index >= 15 is 0 Å². The van der Waals surface area contributed by atoms with Crippen molar-refractivity contribution < 1.29 is 0 Å². The highest BCUT2D eigenvalue weighted by atomic mass is 32.2. The van der Waals surface area contributed by atoms with Crippen molar-refractivity contribution >= 4 is 28.4 Å². The molecule has 1 aliphatic rings. The van der Waals surface area contributed by atoms with Crippen molar-refractivity contribution in [3.63, 3.8) is 0 Å². The highest BCUT2D eigenvalue weighted by molar-refractivity contribution is 7.99. The molecule has 3 nitrogen and oxygen atoms in total. The van der Waals surface area contributed by atoms with E-state index in [2.05, 4.69) is 49.0 Å². The van der Waals surface area contributed by atoms with Crippen molar-refractivity contribution in [2.45, 2.75) is 25.2 Å². The van der Waals surface area contributed by atoms with Crippen LogP contribution in [0.4, 0.5) is 5.69 Å². The molecule has 0 fully saturated rings. The topological polar surface area (TPSA) is 39.9 Å². The van der Waals surface area contributed by atoms with Crippen LogP contribution in [0.25, 0.3) is 10.9 Å². The van der Waals surface area contributed by atoms with E-state index in [-0.39, 0.29) is 0 Å². The number of nitriles is 1. The number of nitrogens with zero attached hydrogens (tertiary/aromatic N) is 3. The maximum atomic E-state index is 9.49. The van der Waals surface area contributed by atoms with E-state index in [0.29, 0.717) is 11.5 Å². The largest absolute Gasteiger partial charge is 0.373 e. The van der Waals surface area contributed by atoms with Gasteiger partial charge >= 0.3 is 0 Å². The van der Waals surface area contributed by atoms with Crippen molar-refractivity contribution in [1.82, 2.24) is 4.98 Å². The van der Waals surface area contributed by atoms with Gasteiger partial charge in [-0.25, -0.2) is 0 Å². The first-order valence-corrected chi connectivity index (χ1v) is 8.29. The smallest absolute Gasteiger partial charge is 0.103 e. The van der Waals surface area contributed by atoms with Crippen LogP contribution >= 0.6 is 11.8 Å². The predicted octanol–water partition coefficient (Wildman–Crippen LogP) is 3.85. The van der Waals surface area contributed by atoms with Crippen LogP contribution in [0, 0.1) is 17.2 Å². The lowest BCUT2D eigenvalue weighted by molar-refractivity contribution is 0.639. The number of rotatable bonds is 3. The van der Waals surface area contributed by atoms with E-state index in [1.165, 1.54) is 15.8 Å². The third-order valence-corrected chi connectivity index (χ3v) is 4.93. The van der Waals surface area contributed by atoms with Crippen LogP contribution in [0.1, 0.15) is 25.0 Å². The number of benzene rings is 1. The Bertz CT molecular complexity index is 731. The van der Waals surface area contributed by atoms with Gasteiger partial charge in [0.05, 0.1) is 16.8 Å². The molecule has 3 rings (SSSR count). The number of aromatic nitrogens is 1. The van der Waals surface area contributed by atoms with Gasteiger partial charge in [-0.1, -0.05) is 13.8 Å². The van der Waals surface area contributed by atoms with Gasteiger partial charge in [-0.2, -0.15) is 5.26 Å². The van der Waals surface area contributed by atoms with Crippen LogP contribution in [0.15, 0.2) is 23.2 Å². The third kappa shape index (κ3) is 2.47. The molecule has 0 spiro atoms. The Balaban J connectivity index is 2.28. The molecular weight excluding hydrogens is 278 g/mol. The molecule has 0 saturated heterocycles. The van der Waals surface area contributed by atoms with Crippen LogP contribution in [-0.4, -0.2) is 24.3 Å². The normalized spacial score (nSPS) is 13.5. The zero-order valence-corrected chi connectivity index (χ0v) is 13.5. The lowest BCUT2D eigenvalue weighted by Crippen LogP contribution is -2.24. The first-order chi connectivity index (χ1) is 10.1. The number of fused-ring (bicyclic) bond motifs is 3. The highest BCUT2D eigenvalue weighted by Crippen LogP contribution is 2.40. The minimum atomic E-state index is 0.552. The molecule has 0 atom stereocenters. The molecule has 108 valence electrons. The van der Waals surface area contributed by atoms with Crippen LogP contribution < -0.4 is 4.90 Å². The summed E-state index contributed by atoms with van der Waals surface area (Å²) in [5, 5.41) is 10.7. The van der Waals surface area contributed by atoms with Gasteiger partial charge in [-0.15, -0.1) is 11.8 Å². The van der Waals surface area contributed by atoms with Crippen LogP contribution in [0.2, 0.25) is 0 Å². The average molecular weight is 297 g/mol. The zero-order valence-electron chi connectivity index (χ0n) is 12.7. The van der Waals surface area contributed by atoms with E-state index in [4.69, 9.17) is 0 Å². The lowest BCUT2D eigenvalue weighted by atomic mass is 10.0. The predicted molar refractivity (Wildman–Crippen MR) is 89.0 cm³/mol. The van der Waals surface area contributed by atoms with Crippen LogP contribution in [-0.2, 0) is 6.42 Å². The number of anilines is 1. The molecular formula is C17H19N3S. The minimum absolute atomic E-state index is 0.552. The highest BCUT2D eigenvalue weighted by Gasteiger charge is 2.21. The number of hydrogen-bond donors (Lipinski definition) is 0. The summed E-state index contributed by atoms with van der Waals surface area (Å²) >= 11 is 1.90. The van der Waals surface area contributed by atoms with Crippen LogP contribution in [0.5, 0.6) is 0 Å². The molecule has 0 saturated carbocycles. The van der Waals surface area contributed by atoms with E-state index in [9.17, 15) is 5.26 Å². The molecule has 0 aliphatic carbocycles. The molecule has 1 aliphatic heterocycles. The summed E-state index contributed by atoms with van der Waals surface area (Å²) < 4.78 is 0. The SMILES string of the molecule is CC(C)CN(C)c1c(C#N)cnc2ccc3c(c12)CCS3. The van der Waals surface area contributed by atoms with Crippen molar-refractivity contribution in [2.75, 3.05) is 24.2 Å². The Morgan fingerprint density at radius 3 is 2.95 bits per heavy atom. The maximum Gasteiger partial charge on any atom is 0.103 e. The Morgan fingerprint density at radius 1 is 1.43 bits per heavy atom. The third-order valence-electron chi connectivity index (χ3n) is 3.82. The molecule has 0 amide bonds. The van der Waals surface area contributed by atoms with Gasteiger partial charge in [0.2, 0.25) is 0 Å². The molecule has 0 unspecified atom stereocenters. The molecule has 1 aromatic carbocycles. The summed E-state index contributed by atoms with van der Waals surface area (Å²) in [5.74, 6) is 1.68. The summed E-state index contributed by atoms with van der Waals surface area (Å²) in [6.45, 7) is 5.34. The van der Waals surface area contributed by atoms with Crippen molar-refractivity contribution in [3.8, 4) is 6.07 Å². The van der Waals surface area contributed by atoms with E-state index in [1.807, 2.05) is 11.8 Å². The lowest BCUT2D eigenvalue weighted by Gasteiger charge is -2.25. The molecule has 21 heavy (non-hydrogen) atoms. The van der Waals surface area contributed by atoms with Gasteiger partial charge in [0, 0.05) is 35.8 Å². The summed E-state index contributed by atoms with van der Waals surface area (Å²) in [4.78, 5) is 8.06. The van der Waals surface area contributed by atoms with Crippen molar-refractivity contribution in [2.24, 2.45) is 5.92 Å². The number of hydrogen-bond acceptors (Lipinski definition) is 4. The molecule has 1 aromatic heterocycles. The fourth-order valence-corrected chi connectivity index (χ4v) is 4.15. The second-order valence-electron chi connectivity index (χ2n) is 5.94. The molecule has 4 heteroatoms. The molecule has 2 heterocycles. The van der Waals surface area contributed by atoms with Gasteiger partial charge < -0.3 is 4.90 Å². The van der Waals surface area contributed by atoms with Crippen molar-refractivity contribution in [1.29, 1.82) is 5.26 Å². The van der Waals surface area contributed by atoms with Gasteiger partial charge in [0.15, 0.2) is 0 Å². The van der Waals surface area contributed by atoms with E-state index < -0.39 is 0 Å². The Morgan fingerprint density at radius 2 is 2.24 bits per heavy atom. The average Bonchev–Trinajstić information content (AvgIpc) is 2.93. The first kappa shape index (κ1) is 14.2. The van der Waals surface area contributed by atoms with E-state index in [0.717, 1.165) is 29.9 Å². The summed E-state index contributed by atoms with van der Waals surface area (Å²) in [7, 11) is 2.08. The summed E-state index contributed by atoms with van der Waals surface area (Å²) in [6.07, 6.45) is 2.78. The Labute approximate surface area is 130 Å². The molecule has 0 radical (unpaired) electrons. The Hall–Kier alpha value is -1.73. The second kappa shape index (κ2) is 5.57. The maximum absolute atomic E-state index is 9.49. The van der Waals surface area contributed by atoms with Gasteiger partial charge in [0.1, 0.15) is 6.07 Å². The molecule has 0 bridgehead atoms. The fourth-order valence-electron chi connectivity index (χ4n) is 3.08. The zero-order chi connectivity index (χ0) is 15.0. The van der Waals surface area contributed by atoms with Crippen LogP contribution in [0.3, 0.4) is 0 Å². The number of thioether (sulfide) groups is 1. The molecule has 0 N–H and O–H groups in total. The minimum Gasteiger partial charge on any atom is -0.373 e. The quantitative estimate of drug-likeness (QED) is 0.863. The van der Waals surface area contributed by atoms with Gasteiger partial charge in [-0.05, 0) is 30.0 Å². The standard InChI is InChI=1S/C17H19N3S/c1-11(2)10-20(3)17-12(8-18)9-19-14-4-5-15-13(16(14)17)6-7-21-15/h4-5,9,11H,6-7,10H2,1-3H3. The van der Waals surface area contributed by atoms with Gasteiger partial charge in [-0.3, -0.25) is 4.98 Å². The molecule has 2 aromatic rings. The fraction of sp³-hybridized carbons (Fsp3) is 0.412. The summed E-state index contributed by atoms with van der Waals surface area (Å²) in [6, 6.07) is 6.57. The second-order valence-corrected chi connectivity index (χ2v) is 7.08.